The number of hydrogen-bond acceptors (Lipinski definition) is 4. The van der Waals surface area contributed by atoms with Gasteiger partial charge in [-0.25, -0.2) is 0 Å². The first kappa shape index (κ1) is 17.4. The van der Waals surface area contributed by atoms with Gasteiger partial charge in [-0.3, -0.25) is 19.4 Å². The van der Waals surface area contributed by atoms with Gasteiger partial charge in [0, 0.05) is 38.4 Å². The molecule has 3 heterocycles. The normalized spacial score (nSPS) is 14.1. The predicted molar refractivity (Wildman–Crippen MR) is 102 cm³/mol. The van der Waals surface area contributed by atoms with Gasteiger partial charge in [0.25, 0.3) is 0 Å². The second-order valence-corrected chi connectivity index (χ2v) is 6.89. The lowest BCUT2D eigenvalue weighted by atomic mass is 10.1. The highest BCUT2D eigenvalue weighted by Gasteiger charge is 2.18. The number of benzene rings is 1. The smallest absolute Gasteiger partial charge is 0.303 e. The van der Waals surface area contributed by atoms with Gasteiger partial charge in [-0.1, -0.05) is 30.3 Å². The van der Waals surface area contributed by atoms with Gasteiger partial charge < -0.3 is 5.11 Å². The molecule has 1 N–H and O–H groups in total. The zero-order valence-corrected chi connectivity index (χ0v) is 15.1. The van der Waals surface area contributed by atoms with Crippen molar-refractivity contribution >= 4 is 5.97 Å². The largest absolute Gasteiger partial charge is 0.481 e. The SMILES string of the molecule is O=C(O)CCc1cc2n(n1)CCN(Cc1ccc(-c3cccnc3)cc1)C2. The average molecular weight is 362 g/mol. The van der Waals surface area contributed by atoms with E-state index in [1.54, 1.807) is 6.20 Å². The molecule has 0 amide bonds. The monoisotopic (exact) mass is 362 g/mol. The van der Waals surface area contributed by atoms with Crippen LogP contribution in [0.1, 0.15) is 23.4 Å². The number of hydrogen-bond donors (Lipinski definition) is 1. The maximum Gasteiger partial charge on any atom is 0.303 e. The van der Waals surface area contributed by atoms with Crippen molar-refractivity contribution in [3.63, 3.8) is 0 Å². The third kappa shape index (κ3) is 4.23. The Morgan fingerprint density at radius 2 is 1.96 bits per heavy atom. The van der Waals surface area contributed by atoms with Gasteiger partial charge in [-0.15, -0.1) is 0 Å². The summed E-state index contributed by atoms with van der Waals surface area (Å²) in [4.78, 5) is 17.3. The molecule has 0 atom stereocenters. The molecule has 0 spiro atoms. The first-order valence-corrected chi connectivity index (χ1v) is 9.16. The van der Waals surface area contributed by atoms with Gasteiger partial charge in [0.1, 0.15) is 0 Å². The third-order valence-electron chi connectivity index (χ3n) is 4.88. The number of aryl methyl sites for hydroxylation is 1. The van der Waals surface area contributed by atoms with E-state index < -0.39 is 5.97 Å². The number of aromatic nitrogens is 3. The minimum absolute atomic E-state index is 0.128. The molecule has 6 nitrogen and oxygen atoms in total. The number of carboxylic acids is 1. The minimum Gasteiger partial charge on any atom is -0.481 e. The molecule has 2 aromatic heterocycles. The van der Waals surface area contributed by atoms with Crippen molar-refractivity contribution in [3.05, 3.63) is 71.8 Å². The van der Waals surface area contributed by atoms with Crippen LogP contribution in [0.15, 0.2) is 54.9 Å². The van der Waals surface area contributed by atoms with Crippen LogP contribution in [0.2, 0.25) is 0 Å². The third-order valence-corrected chi connectivity index (χ3v) is 4.88. The molecule has 27 heavy (non-hydrogen) atoms. The quantitative estimate of drug-likeness (QED) is 0.730. The maximum absolute atomic E-state index is 10.7. The Morgan fingerprint density at radius 1 is 1.11 bits per heavy atom. The van der Waals surface area contributed by atoms with Gasteiger partial charge in [0.05, 0.1) is 24.4 Å². The first-order chi connectivity index (χ1) is 13.2. The molecule has 0 saturated heterocycles. The highest BCUT2D eigenvalue weighted by Crippen LogP contribution is 2.21. The summed E-state index contributed by atoms with van der Waals surface area (Å²) in [6.07, 6.45) is 4.28. The molecule has 1 aliphatic rings. The van der Waals surface area contributed by atoms with E-state index in [-0.39, 0.29) is 6.42 Å². The Labute approximate surface area is 158 Å². The molecule has 1 aliphatic heterocycles. The number of fused-ring (bicyclic) bond motifs is 1. The molecule has 0 fully saturated rings. The number of carboxylic acid groups (broad SMARTS) is 1. The summed E-state index contributed by atoms with van der Waals surface area (Å²) in [5.74, 6) is -0.780. The molecule has 3 aromatic rings. The van der Waals surface area contributed by atoms with Crippen LogP contribution in [0.25, 0.3) is 11.1 Å². The summed E-state index contributed by atoms with van der Waals surface area (Å²) in [5, 5.41) is 13.4. The van der Waals surface area contributed by atoms with Crippen molar-refractivity contribution < 1.29 is 9.90 Å². The Balaban J connectivity index is 1.39. The van der Waals surface area contributed by atoms with E-state index in [9.17, 15) is 4.79 Å². The Hall–Kier alpha value is -2.99. The molecule has 0 unspecified atom stereocenters. The van der Waals surface area contributed by atoms with E-state index in [0.29, 0.717) is 6.42 Å². The van der Waals surface area contributed by atoms with Gasteiger partial charge >= 0.3 is 5.97 Å². The number of aliphatic carboxylic acids is 1. The molecule has 0 saturated carbocycles. The maximum atomic E-state index is 10.7. The topological polar surface area (TPSA) is 71.2 Å². The van der Waals surface area contributed by atoms with Crippen molar-refractivity contribution in [2.24, 2.45) is 0 Å². The van der Waals surface area contributed by atoms with Gasteiger partial charge in [0.15, 0.2) is 0 Å². The minimum atomic E-state index is -0.780. The van der Waals surface area contributed by atoms with Crippen LogP contribution >= 0.6 is 0 Å². The Bertz CT molecular complexity index is 919. The van der Waals surface area contributed by atoms with Crippen molar-refractivity contribution in [1.82, 2.24) is 19.7 Å². The molecule has 1 aromatic carbocycles. The summed E-state index contributed by atoms with van der Waals surface area (Å²) < 4.78 is 2.01. The van der Waals surface area contributed by atoms with E-state index in [1.807, 2.05) is 23.0 Å². The van der Waals surface area contributed by atoms with E-state index >= 15 is 0 Å². The van der Waals surface area contributed by atoms with Crippen molar-refractivity contribution in [2.75, 3.05) is 6.54 Å². The average Bonchev–Trinajstić information content (AvgIpc) is 3.10. The zero-order chi connectivity index (χ0) is 18.6. The van der Waals surface area contributed by atoms with Crippen LogP contribution in [-0.4, -0.2) is 37.3 Å². The van der Waals surface area contributed by atoms with Crippen molar-refractivity contribution in [1.29, 1.82) is 0 Å². The van der Waals surface area contributed by atoms with Gasteiger partial charge in [-0.2, -0.15) is 5.10 Å². The lowest BCUT2D eigenvalue weighted by Gasteiger charge is -2.27. The fraction of sp³-hybridized carbons (Fsp3) is 0.286. The van der Waals surface area contributed by atoms with Gasteiger partial charge in [-0.05, 0) is 28.8 Å². The van der Waals surface area contributed by atoms with Crippen molar-refractivity contribution in [2.45, 2.75) is 32.5 Å². The first-order valence-electron chi connectivity index (χ1n) is 9.16. The second kappa shape index (κ2) is 7.72. The van der Waals surface area contributed by atoms with E-state index in [4.69, 9.17) is 5.11 Å². The zero-order valence-electron chi connectivity index (χ0n) is 15.1. The second-order valence-electron chi connectivity index (χ2n) is 6.89. The molecular formula is C21H22N4O2. The molecule has 0 aliphatic carbocycles. The molecule has 4 rings (SSSR count). The summed E-state index contributed by atoms with van der Waals surface area (Å²) >= 11 is 0. The molecule has 6 heteroatoms. The summed E-state index contributed by atoms with van der Waals surface area (Å²) in [5.41, 5.74) is 5.61. The summed E-state index contributed by atoms with van der Waals surface area (Å²) in [7, 11) is 0. The molecule has 0 radical (unpaired) electrons. The van der Waals surface area contributed by atoms with Crippen LogP contribution in [0.5, 0.6) is 0 Å². The molecule has 0 bridgehead atoms. The van der Waals surface area contributed by atoms with Gasteiger partial charge in [0.2, 0.25) is 0 Å². The lowest BCUT2D eigenvalue weighted by Crippen LogP contribution is -2.33. The molecule has 138 valence electrons. The Kier molecular flexibility index (Phi) is 4.98. The number of carbonyl (C=O) groups is 1. The Morgan fingerprint density at radius 3 is 2.70 bits per heavy atom. The summed E-state index contributed by atoms with van der Waals surface area (Å²) in [6.45, 7) is 3.51. The van der Waals surface area contributed by atoms with Crippen molar-refractivity contribution in [3.8, 4) is 11.1 Å². The highest BCUT2D eigenvalue weighted by molar-refractivity contribution is 5.67. The number of nitrogens with zero attached hydrogens (tertiary/aromatic N) is 4. The lowest BCUT2D eigenvalue weighted by molar-refractivity contribution is -0.136. The van der Waals surface area contributed by atoms with E-state index in [1.165, 1.54) is 11.1 Å². The van der Waals surface area contributed by atoms with Crippen LogP contribution in [-0.2, 0) is 30.8 Å². The standard InChI is InChI=1S/C21H22N4O2/c26-21(27)8-7-19-12-20-15-24(10-11-25(20)23-19)14-16-3-5-17(6-4-16)18-2-1-9-22-13-18/h1-6,9,12-13H,7-8,10-11,14-15H2,(H,26,27). The predicted octanol–water partition coefficient (Wildman–Crippen LogP) is 2.98. The van der Waals surface area contributed by atoms with Crippen LogP contribution in [0.4, 0.5) is 0 Å². The highest BCUT2D eigenvalue weighted by atomic mass is 16.4. The van der Waals surface area contributed by atoms with E-state index in [2.05, 4.69) is 45.3 Å². The van der Waals surface area contributed by atoms with Crippen LogP contribution in [0, 0.1) is 0 Å². The fourth-order valence-corrected chi connectivity index (χ4v) is 3.47. The fourth-order valence-electron chi connectivity index (χ4n) is 3.47. The number of pyridine rings is 1. The summed E-state index contributed by atoms with van der Waals surface area (Å²) in [6, 6.07) is 14.7. The van der Waals surface area contributed by atoms with Crippen LogP contribution < -0.4 is 0 Å². The van der Waals surface area contributed by atoms with Crippen LogP contribution in [0.3, 0.4) is 0 Å². The van der Waals surface area contributed by atoms with E-state index in [0.717, 1.165) is 43.1 Å². The molecular weight excluding hydrogens is 340 g/mol. The number of rotatable bonds is 6.